The van der Waals surface area contributed by atoms with E-state index in [1.165, 1.54) is 11.8 Å². The Morgan fingerprint density at radius 1 is 1.19 bits per heavy atom. The number of fused-ring (bicyclic) bond motifs is 1. The number of para-hydroxylation sites is 1. The van der Waals surface area contributed by atoms with Crippen molar-refractivity contribution in [1.29, 1.82) is 0 Å². The van der Waals surface area contributed by atoms with E-state index in [9.17, 15) is 4.79 Å². The van der Waals surface area contributed by atoms with Crippen LogP contribution in [0, 0.1) is 0 Å². The second kappa shape index (κ2) is 7.48. The highest BCUT2D eigenvalue weighted by molar-refractivity contribution is 8.19. The molecule has 1 saturated heterocycles. The van der Waals surface area contributed by atoms with Gasteiger partial charge in [0.25, 0.3) is 5.91 Å². The first-order valence-electron chi connectivity index (χ1n) is 8.92. The molecule has 2 aromatic carbocycles. The maximum atomic E-state index is 13.1. The molecule has 2 aromatic rings. The summed E-state index contributed by atoms with van der Waals surface area (Å²) in [4.78, 5) is 20.2. The Morgan fingerprint density at radius 2 is 1.96 bits per heavy atom. The fraction of sp³-hybridized carbons (Fsp3) is 0.238. The number of aliphatic imine (C=N–C) groups is 1. The second-order valence-corrected chi connectivity index (χ2v) is 7.38. The minimum atomic E-state index is -0.0640. The van der Waals surface area contributed by atoms with Gasteiger partial charge in [0.2, 0.25) is 6.79 Å². The van der Waals surface area contributed by atoms with Crippen LogP contribution in [0.4, 0.5) is 5.69 Å². The number of carbonyl (C=O) groups is 1. The summed E-state index contributed by atoms with van der Waals surface area (Å²) in [5, 5.41) is 0.715. The van der Waals surface area contributed by atoms with Crippen LogP contribution in [0.2, 0.25) is 0 Å². The minimum absolute atomic E-state index is 0.0640. The maximum absolute atomic E-state index is 13.1. The van der Waals surface area contributed by atoms with Crippen molar-refractivity contribution in [1.82, 2.24) is 0 Å². The van der Waals surface area contributed by atoms with Gasteiger partial charge in [-0.2, -0.15) is 0 Å². The van der Waals surface area contributed by atoms with Gasteiger partial charge in [-0.3, -0.25) is 14.7 Å². The summed E-state index contributed by atoms with van der Waals surface area (Å²) in [5.74, 6) is 1.37. The van der Waals surface area contributed by atoms with Gasteiger partial charge in [0.1, 0.15) is 0 Å². The van der Waals surface area contributed by atoms with Gasteiger partial charge in [0.15, 0.2) is 16.7 Å². The molecule has 1 fully saturated rings. The molecular weight excluding hydrogens is 360 g/mol. The molecule has 0 aliphatic carbocycles. The highest BCUT2D eigenvalue weighted by atomic mass is 32.2. The molecule has 6 heteroatoms. The number of anilines is 1. The number of amidine groups is 1. The van der Waals surface area contributed by atoms with Crippen molar-refractivity contribution in [2.45, 2.75) is 26.3 Å². The van der Waals surface area contributed by atoms with E-state index in [4.69, 9.17) is 14.5 Å². The van der Waals surface area contributed by atoms with Crippen LogP contribution in [0.1, 0.15) is 25.8 Å². The Hall–Kier alpha value is -2.73. The van der Waals surface area contributed by atoms with Crippen LogP contribution in [0.25, 0.3) is 6.08 Å². The first-order valence-corrected chi connectivity index (χ1v) is 9.74. The Bertz CT molecular complexity index is 924. The summed E-state index contributed by atoms with van der Waals surface area (Å²) in [7, 11) is 0. The summed E-state index contributed by atoms with van der Waals surface area (Å²) in [6, 6.07) is 15.5. The number of amides is 1. The predicted molar refractivity (Wildman–Crippen MR) is 109 cm³/mol. The number of ether oxygens (including phenoxy) is 2. The fourth-order valence-corrected chi connectivity index (χ4v) is 3.88. The van der Waals surface area contributed by atoms with Crippen LogP contribution < -0.4 is 14.4 Å². The number of hydrogen-bond acceptors (Lipinski definition) is 5. The first kappa shape index (κ1) is 17.7. The van der Waals surface area contributed by atoms with E-state index < -0.39 is 0 Å². The maximum Gasteiger partial charge on any atom is 0.271 e. The summed E-state index contributed by atoms with van der Waals surface area (Å²) in [6.45, 7) is 4.38. The van der Waals surface area contributed by atoms with Gasteiger partial charge in [-0.25, -0.2) is 0 Å². The molecule has 1 atom stereocenters. The summed E-state index contributed by atoms with van der Waals surface area (Å²) < 4.78 is 10.8. The third kappa shape index (κ3) is 3.57. The highest BCUT2D eigenvalue weighted by Crippen LogP contribution is 2.38. The molecule has 0 saturated carbocycles. The lowest BCUT2D eigenvalue weighted by molar-refractivity contribution is -0.113. The number of rotatable bonds is 4. The van der Waals surface area contributed by atoms with E-state index in [0.717, 1.165) is 23.4 Å². The van der Waals surface area contributed by atoms with Gasteiger partial charge < -0.3 is 9.47 Å². The van der Waals surface area contributed by atoms with Crippen molar-refractivity contribution in [3.8, 4) is 11.5 Å². The molecule has 1 amide bonds. The number of nitrogens with zero attached hydrogens (tertiary/aromatic N) is 2. The molecule has 2 heterocycles. The minimum Gasteiger partial charge on any atom is -0.454 e. The average Bonchev–Trinajstić information content (AvgIpc) is 3.27. The zero-order valence-electron chi connectivity index (χ0n) is 15.2. The largest absolute Gasteiger partial charge is 0.454 e. The predicted octanol–water partition coefficient (Wildman–Crippen LogP) is 4.69. The third-order valence-electron chi connectivity index (χ3n) is 4.44. The summed E-state index contributed by atoms with van der Waals surface area (Å²) in [6.07, 6.45) is 2.80. The van der Waals surface area contributed by atoms with Gasteiger partial charge in [0.05, 0.1) is 10.6 Å². The van der Waals surface area contributed by atoms with E-state index >= 15 is 0 Å². The van der Waals surface area contributed by atoms with Crippen LogP contribution in [-0.4, -0.2) is 23.9 Å². The van der Waals surface area contributed by atoms with Crippen LogP contribution >= 0.6 is 11.8 Å². The molecule has 2 aliphatic heterocycles. The monoisotopic (exact) mass is 380 g/mol. The Labute approximate surface area is 162 Å². The van der Waals surface area contributed by atoms with Gasteiger partial charge >= 0.3 is 0 Å². The van der Waals surface area contributed by atoms with Gasteiger partial charge in [0, 0.05) is 6.04 Å². The molecule has 0 spiro atoms. The zero-order valence-corrected chi connectivity index (χ0v) is 16.0. The first-order chi connectivity index (χ1) is 13.2. The van der Waals surface area contributed by atoms with E-state index in [-0.39, 0.29) is 18.7 Å². The lowest BCUT2D eigenvalue weighted by atomic mass is 10.2. The number of hydrogen-bond donors (Lipinski definition) is 0. The van der Waals surface area contributed by atoms with Crippen molar-refractivity contribution in [3.63, 3.8) is 0 Å². The van der Waals surface area contributed by atoms with Crippen LogP contribution in [0.3, 0.4) is 0 Å². The molecule has 5 nitrogen and oxygen atoms in total. The third-order valence-corrected chi connectivity index (χ3v) is 5.42. The Kier molecular flexibility index (Phi) is 4.90. The lowest BCUT2D eigenvalue weighted by Gasteiger charge is -2.16. The second-order valence-electron chi connectivity index (χ2n) is 6.37. The smallest absolute Gasteiger partial charge is 0.271 e. The standard InChI is InChI=1S/C21H20N2O3S/c1-3-14(2)22-21-23(16-7-5-4-6-8-16)20(24)19(27-21)12-15-9-10-17-18(11-15)26-13-25-17/h4-12,14H,3,13H2,1-2H3/b19-12-,22-21-. The van der Waals surface area contributed by atoms with Gasteiger partial charge in [-0.15, -0.1) is 0 Å². The SMILES string of the molecule is CCC(C)/N=C1\S/C(=C\c2ccc3c(c2)OCO3)C(=O)N1c1ccccc1. The molecule has 1 unspecified atom stereocenters. The molecule has 0 N–H and O–H groups in total. The normalized spacial score (nSPS) is 19.9. The highest BCUT2D eigenvalue weighted by Gasteiger charge is 2.34. The van der Waals surface area contributed by atoms with Crippen molar-refractivity contribution >= 4 is 34.6 Å². The molecule has 0 radical (unpaired) electrons. The van der Waals surface area contributed by atoms with Crippen molar-refractivity contribution < 1.29 is 14.3 Å². The Morgan fingerprint density at radius 3 is 2.74 bits per heavy atom. The van der Waals surface area contributed by atoms with Gasteiger partial charge in [-0.1, -0.05) is 31.2 Å². The quantitative estimate of drug-likeness (QED) is 0.722. The van der Waals surface area contributed by atoms with Crippen LogP contribution in [0.15, 0.2) is 58.4 Å². The molecule has 27 heavy (non-hydrogen) atoms. The number of carbonyl (C=O) groups excluding carboxylic acids is 1. The number of thioether (sulfide) groups is 1. The molecule has 0 aromatic heterocycles. The molecular formula is C21H20N2O3S. The van der Waals surface area contributed by atoms with Gasteiger partial charge in [-0.05, 0) is 61.0 Å². The van der Waals surface area contributed by atoms with E-state index in [1.54, 1.807) is 4.90 Å². The van der Waals surface area contributed by atoms with Crippen LogP contribution in [0.5, 0.6) is 11.5 Å². The van der Waals surface area contributed by atoms with E-state index in [1.807, 2.05) is 54.6 Å². The molecule has 2 aliphatic rings. The molecule has 4 rings (SSSR count). The molecule has 138 valence electrons. The molecule has 0 bridgehead atoms. The van der Waals surface area contributed by atoms with Crippen molar-refractivity contribution in [3.05, 3.63) is 59.0 Å². The van der Waals surface area contributed by atoms with Crippen molar-refractivity contribution in [2.24, 2.45) is 4.99 Å². The summed E-state index contributed by atoms with van der Waals surface area (Å²) in [5.41, 5.74) is 1.72. The summed E-state index contributed by atoms with van der Waals surface area (Å²) >= 11 is 1.41. The zero-order chi connectivity index (χ0) is 18.8. The van der Waals surface area contributed by atoms with Crippen molar-refractivity contribution in [2.75, 3.05) is 11.7 Å². The average molecular weight is 380 g/mol. The lowest BCUT2D eigenvalue weighted by Crippen LogP contribution is -2.29. The topological polar surface area (TPSA) is 51.1 Å². The Balaban J connectivity index is 1.70. The number of benzene rings is 2. The van der Waals surface area contributed by atoms with Crippen LogP contribution in [-0.2, 0) is 4.79 Å². The van der Waals surface area contributed by atoms with E-state index in [0.29, 0.717) is 15.8 Å². The van der Waals surface area contributed by atoms with E-state index in [2.05, 4.69) is 13.8 Å². The fourth-order valence-electron chi connectivity index (χ4n) is 2.80.